The highest BCUT2D eigenvalue weighted by Crippen LogP contribution is 2.36. The summed E-state index contributed by atoms with van der Waals surface area (Å²) in [6, 6.07) is 5.14. The number of rotatable bonds is 2. The van der Waals surface area contributed by atoms with Crippen LogP contribution in [0.5, 0.6) is 5.75 Å². The number of alkyl halides is 3. The van der Waals surface area contributed by atoms with E-state index in [1.54, 1.807) is 13.8 Å². The van der Waals surface area contributed by atoms with Crippen LogP contribution in [0.2, 0.25) is 0 Å². The third-order valence-corrected chi connectivity index (χ3v) is 1.51. The van der Waals surface area contributed by atoms with Gasteiger partial charge < -0.3 is 4.74 Å². The zero-order valence-corrected chi connectivity index (χ0v) is 7.85. The first-order valence-corrected chi connectivity index (χ1v) is 4.05. The van der Waals surface area contributed by atoms with Crippen LogP contribution in [0.25, 0.3) is 0 Å². The van der Waals surface area contributed by atoms with Crippen LogP contribution >= 0.6 is 0 Å². The summed E-state index contributed by atoms with van der Waals surface area (Å²) in [5, 5.41) is 0. The molecule has 14 heavy (non-hydrogen) atoms. The van der Waals surface area contributed by atoms with Gasteiger partial charge in [0.1, 0.15) is 11.9 Å². The Morgan fingerprint density at radius 3 is 2.21 bits per heavy atom. The molecule has 1 nitrogen and oxygen atoms in total. The predicted molar refractivity (Wildman–Crippen MR) is 46.7 cm³/mol. The van der Waals surface area contributed by atoms with Crippen molar-refractivity contribution in [2.24, 2.45) is 0 Å². The third-order valence-electron chi connectivity index (χ3n) is 1.51. The van der Waals surface area contributed by atoms with Gasteiger partial charge in [-0.2, -0.15) is 13.2 Å². The second kappa shape index (κ2) is 3.90. The van der Waals surface area contributed by atoms with Crippen molar-refractivity contribution < 1.29 is 17.9 Å². The van der Waals surface area contributed by atoms with Gasteiger partial charge in [-0.05, 0) is 26.0 Å². The molecule has 0 saturated heterocycles. The Bertz CT molecular complexity index is 304. The van der Waals surface area contributed by atoms with Crippen molar-refractivity contribution in [3.05, 3.63) is 35.9 Å². The van der Waals surface area contributed by atoms with Crippen LogP contribution < -0.4 is 4.74 Å². The van der Waals surface area contributed by atoms with E-state index in [-0.39, 0.29) is 5.75 Å². The second-order valence-electron chi connectivity index (χ2n) is 3.00. The fraction of sp³-hybridized carbons (Fsp3) is 0.300. The molecule has 0 aromatic heterocycles. The largest absolute Gasteiger partial charge is 0.483 e. The monoisotopic (exact) mass is 203 g/mol. The molecule has 0 spiro atoms. The van der Waals surface area contributed by atoms with Gasteiger partial charge in [-0.1, -0.05) is 12.1 Å². The lowest BCUT2D eigenvalue weighted by Gasteiger charge is -2.14. The molecule has 0 unspecified atom stereocenters. The van der Waals surface area contributed by atoms with Crippen LogP contribution in [-0.2, 0) is 6.18 Å². The second-order valence-corrected chi connectivity index (χ2v) is 3.00. The molecule has 0 bridgehead atoms. The molecule has 1 radical (unpaired) electrons. The molecule has 0 N–H and O–H groups in total. The van der Waals surface area contributed by atoms with Crippen molar-refractivity contribution >= 4 is 0 Å². The van der Waals surface area contributed by atoms with Crippen LogP contribution in [0.15, 0.2) is 24.3 Å². The molecule has 1 aromatic carbocycles. The molecule has 1 aromatic rings. The lowest BCUT2D eigenvalue weighted by molar-refractivity contribution is -0.138. The predicted octanol–water partition coefficient (Wildman–Crippen LogP) is 3.66. The summed E-state index contributed by atoms with van der Waals surface area (Å²) >= 11 is 0. The van der Waals surface area contributed by atoms with Crippen LogP contribution in [0, 0.1) is 6.10 Å². The summed E-state index contributed by atoms with van der Waals surface area (Å²) in [6.07, 6.45) is -3.90. The molecule has 0 atom stereocenters. The van der Waals surface area contributed by atoms with E-state index in [1.807, 2.05) is 0 Å². The lowest BCUT2D eigenvalue weighted by atomic mass is 10.2. The van der Waals surface area contributed by atoms with Crippen LogP contribution in [-0.4, -0.2) is 0 Å². The molecule has 0 fully saturated rings. The molecule has 77 valence electrons. The van der Waals surface area contributed by atoms with Crippen LogP contribution in [0.4, 0.5) is 13.2 Å². The molecule has 0 aliphatic heterocycles. The summed E-state index contributed by atoms with van der Waals surface area (Å²) in [6.45, 7) is 3.21. The zero-order chi connectivity index (χ0) is 10.8. The average Bonchev–Trinajstić information content (AvgIpc) is 2.01. The molecular formula is C10H10F3O. The van der Waals surface area contributed by atoms with Gasteiger partial charge in [0.15, 0.2) is 0 Å². The number of ether oxygens (including phenoxy) is 1. The Morgan fingerprint density at radius 1 is 1.14 bits per heavy atom. The summed E-state index contributed by atoms with van der Waals surface area (Å²) < 4.78 is 42.2. The normalized spacial score (nSPS) is 11.9. The van der Waals surface area contributed by atoms with E-state index in [0.29, 0.717) is 6.10 Å². The highest BCUT2D eigenvalue weighted by atomic mass is 19.4. The van der Waals surface area contributed by atoms with Gasteiger partial charge in [-0.15, -0.1) is 0 Å². The van der Waals surface area contributed by atoms with E-state index in [0.717, 1.165) is 6.07 Å². The number of halogens is 3. The van der Waals surface area contributed by atoms with Gasteiger partial charge >= 0.3 is 6.18 Å². The van der Waals surface area contributed by atoms with Gasteiger partial charge in [-0.25, -0.2) is 0 Å². The molecular weight excluding hydrogens is 193 g/mol. The van der Waals surface area contributed by atoms with E-state index in [2.05, 4.69) is 0 Å². The lowest BCUT2D eigenvalue weighted by Crippen LogP contribution is -2.09. The number of hydrogen-bond donors (Lipinski definition) is 0. The Hall–Kier alpha value is -1.19. The Balaban J connectivity index is 3.04. The number of para-hydroxylation sites is 1. The van der Waals surface area contributed by atoms with Gasteiger partial charge in [0.05, 0.1) is 5.56 Å². The molecule has 1 rings (SSSR count). The number of hydrogen-bond acceptors (Lipinski definition) is 1. The van der Waals surface area contributed by atoms with Crippen molar-refractivity contribution in [2.45, 2.75) is 20.0 Å². The smallest absolute Gasteiger partial charge is 0.419 e. The average molecular weight is 203 g/mol. The molecule has 0 amide bonds. The first kappa shape index (κ1) is 10.9. The highest BCUT2D eigenvalue weighted by molar-refractivity contribution is 5.36. The Labute approximate surface area is 80.5 Å². The highest BCUT2D eigenvalue weighted by Gasteiger charge is 2.34. The van der Waals surface area contributed by atoms with E-state index < -0.39 is 11.7 Å². The Kier molecular flexibility index (Phi) is 3.03. The molecule has 0 saturated carbocycles. The fourth-order valence-corrected chi connectivity index (χ4v) is 1.01. The zero-order valence-electron chi connectivity index (χ0n) is 7.85. The van der Waals surface area contributed by atoms with E-state index in [9.17, 15) is 13.2 Å². The summed E-state index contributed by atoms with van der Waals surface area (Å²) in [7, 11) is 0. The SMILES string of the molecule is C[C](C)Oc1ccccc1C(F)(F)F. The van der Waals surface area contributed by atoms with Crippen molar-refractivity contribution in [1.29, 1.82) is 0 Å². The maximum atomic E-state index is 12.4. The van der Waals surface area contributed by atoms with Crippen molar-refractivity contribution in [3.63, 3.8) is 0 Å². The summed E-state index contributed by atoms with van der Waals surface area (Å²) in [5.74, 6) is -0.153. The minimum absolute atomic E-state index is 0.153. The third kappa shape index (κ3) is 2.65. The summed E-state index contributed by atoms with van der Waals surface area (Å²) in [4.78, 5) is 0. The number of benzene rings is 1. The quantitative estimate of drug-likeness (QED) is 0.712. The van der Waals surface area contributed by atoms with Gasteiger partial charge in [0, 0.05) is 0 Å². The van der Waals surface area contributed by atoms with Crippen molar-refractivity contribution in [1.82, 2.24) is 0 Å². The maximum absolute atomic E-state index is 12.4. The van der Waals surface area contributed by atoms with E-state index >= 15 is 0 Å². The standard InChI is InChI=1S/C10H10F3O/c1-7(2)14-9-6-4-3-5-8(9)10(11,12)13/h3-6H,1-2H3. The summed E-state index contributed by atoms with van der Waals surface area (Å²) in [5.41, 5.74) is -0.749. The molecule has 0 heterocycles. The van der Waals surface area contributed by atoms with E-state index in [1.165, 1.54) is 18.2 Å². The maximum Gasteiger partial charge on any atom is 0.419 e. The minimum Gasteiger partial charge on any atom is -0.483 e. The first-order chi connectivity index (χ1) is 6.41. The van der Waals surface area contributed by atoms with E-state index in [4.69, 9.17) is 4.74 Å². The minimum atomic E-state index is -4.37. The van der Waals surface area contributed by atoms with Gasteiger partial charge in [-0.3, -0.25) is 0 Å². The Morgan fingerprint density at radius 2 is 1.71 bits per heavy atom. The molecule has 0 aliphatic carbocycles. The van der Waals surface area contributed by atoms with Gasteiger partial charge in [0.2, 0.25) is 0 Å². The van der Waals surface area contributed by atoms with Crippen molar-refractivity contribution in [3.8, 4) is 5.75 Å². The topological polar surface area (TPSA) is 9.23 Å². The molecule has 4 heteroatoms. The van der Waals surface area contributed by atoms with Crippen LogP contribution in [0.3, 0.4) is 0 Å². The first-order valence-electron chi connectivity index (χ1n) is 4.05. The molecule has 0 aliphatic rings. The fourth-order valence-electron chi connectivity index (χ4n) is 1.01. The van der Waals surface area contributed by atoms with Crippen LogP contribution in [0.1, 0.15) is 19.4 Å². The van der Waals surface area contributed by atoms with Crippen molar-refractivity contribution in [2.75, 3.05) is 0 Å². The van der Waals surface area contributed by atoms with Gasteiger partial charge in [0.25, 0.3) is 0 Å².